The number of rotatable bonds is 42. The number of aliphatic hydroxyl groups is 5. The van der Waals surface area contributed by atoms with E-state index in [9.17, 15) is 35.1 Å². The molecule has 1 saturated heterocycles. The molecule has 6 N–H and O–H groups in total. The number of allylic oxidation sites excluding steroid dienone is 11. The summed E-state index contributed by atoms with van der Waals surface area (Å²) in [5.41, 5.74) is 0. The molecule has 66 heavy (non-hydrogen) atoms. The summed E-state index contributed by atoms with van der Waals surface area (Å²) < 4.78 is 17.5. The van der Waals surface area contributed by atoms with Crippen LogP contribution in [0.3, 0.4) is 0 Å². The standard InChI is InChI=1S/C55H95NO10/c1-4-7-10-13-16-19-22-24-25-26-28-31-34-37-40-43-50(60)66-53-52(62)51(61)49(44-57)65-55(53)64-45-46(47(58)41-38-35-32-30-27-23-20-17-14-11-8-5-2)56-54(63)48(59)42-39-36-33-29-21-18-15-12-9-6-3/h7,10,13,16,19,22,24-26,28,38,41,46-49,51-53,55,57-59,61-62H,4-6,8-9,11-12,14-15,17-18,20-21,23,27,29-37,39-40,42-45H2,1-3H3,(H,56,63)/b10-7+,16-13+,22-19-,25-24-,28-26+,41-38+. The summed E-state index contributed by atoms with van der Waals surface area (Å²) in [7, 11) is 0. The molecule has 1 heterocycles. The van der Waals surface area contributed by atoms with Crippen LogP contribution in [0.15, 0.2) is 72.9 Å². The Bertz CT molecular complexity index is 1340. The first-order chi connectivity index (χ1) is 32.2. The number of hydrogen-bond acceptors (Lipinski definition) is 10. The largest absolute Gasteiger partial charge is 0.454 e. The summed E-state index contributed by atoms with van der Waals surface area (Å²) >= 11 is 0. The first kappa shape index (κ1) is 61.1. The van der Waals surface area contributed by atoms with Crippen molar-refractivity contribution in [2.45, 2.75) is 250 Å². The predicted octanol–water partition coefficient (Wildman–Crippen LogP) is 10.9. The van der Waals surface area contributed by atoms with Gasteiger partial charge in [0.15, 0.2) is 12.4 Å². The summed E-state index contributed by atoms with van der Waals surface area (Å²) in [4.78, 5) is 26.3. The second-order valence-electron chi connectivity index (χ2n) is 18.0. The Morgan fingerprint density at radius 2 is 1.09 bits per heavy atom. The van der Waals surface area contributed by atoms with E-state index >= 15 is 0 Å². The van der Waals surface area contributed by atoms with Gasteiger partial charge in [-0.3, -0.25) is 9.59 Å². The molecule has 1 fully saturated rings. The van der Waals surface area contributed by atoms with Gasteiger partial charge in [-0.15, -0.1) is 0 Å². The third kappa shape index (κ3) is 32.0. The monoisotopic (exact) mass is 930 g/mol. The lowest BCUT2D eigenvalue weighted by atomic mass is 9.99. The van der Waals surface area contributed by atoms with Crippen molar-refractivity contribution in [3.63, 3.8) is 0 Å². The Morgan fingerprint density at radius 1 is 0.606 bits per heavy atom. The van der Waals surface area contributed by atoms with Crippen molar-refractivity contribution in [3.8, 4) is 0 Å². The lowest BCUT2D eigenvalue weighted by Gasteiger charge is -2.41. The number of amides is 1. The van der Waals surface area contributed by atoms with Crippen LogP contribution in [0.5, 0.6) is 0 Å². The van der Waals surface area contributed by atoms with Crippen molar-refractivity contribution in [1.82, 2.24) is 5.32 Å². The van der Waals surface area contributed by atoms with Gasteiger partial charge in [0.05, 0.1) is 25.4 Å². The van der Waals surface area contributed by atoms with Crippen LogP contribution in [0.2, 0.25) is 0 Å². The summed E-state index contributed by atoms with van der Waals surface area (Å²) in [6.45, 7) is 5.57. The van der Waals surface area contributed by atoms with Crippen LogP contribution < -0.4 is 5.32 Å². The SMILES string of the molecule is CC/C=C/C=C/C=C\C=C/C=C/CCCCCC(=O)OC1C(OCC(NC(=O)C(O)CCCCCCCCCCCC)C(O)/C=C/CCCCCCCCCCCC)OC(CO)C(O)C1O. The van der Waals surface area contributed by atoms with Crippen molar-refractivity contribution < 1.29 is 49.3 Å². The fourth-order valence-corrected chi connectivity index (χ4v) is 7.79. The van der Waals surface area contributed by atoms with E-state index in [4.69, 9.17) is 14.2 Å². The van der Waals surface area contributed by atoms with E-state index in [1.54, 1.807) is 6.08 Å². The zero-order valence-electron chi connectivity index (χ0n) is 41.5. The molecular weight excluding hydrogens is 835 g/mol. The third-order valence-electron chi connectivity index (χ3n) is 12.0. The average molecular weight is 930 g/mol. The maximum Gasteiger partial charge on any atom is 0.306 e. The maximum atomic E-state index is 13.3. The molecule has 1 rings (SSSR count). The molecular formula is C55H95NO10. The zero-order valence-corrected chi connectivity index (χ0v) is 41.5. The Kier molecular flexibility index (Phi) is 40.2. The van der Waals surface area contributed by atoms with Gasteiger partial charge in [-0.2, -0.15) is 0 Å². The van der Waals surface area contributed by atoms with Crippen molar-refractivity contribution in [2.24, 2.45) is 0 Å². The molecule has 0 aromatic heterocycles. The quantitative estimate of drug-likeness (QED) is 0.0150. The van der Waals surface area contributed by atoms with E-state index < -0.39 is 67.4 Å². The van der Waals surface area contributed by atoms with Gasteiger partial charge in [-0.05, 0) is 44.9 Å². The summed E-state index contributed by atoms with van der Waals surface area (Å²) in [5, 5.41) is 56.5. The number of ether oxygens (including phenoxy) is 3. The number of esters is 1. The highest BCUT2D eigenvalue weighted by Crippen LogP contribution is 2.26. The molecule has 11 heteroatoms. The lowest BCUT2D eigenvalue weighted by molar-refractivity contribution is -0.305. The van der Waals surface area contributed by atoms with Crippen molar-refractivity contribution in [3.05, 3.63) is 72.9 Å². The summed E-state index contributed by atoms with van der Waals surface area (Å²) in [5.74, 6) is -1.24. The molecule has 1 aliphatic rings. The number of carbonyl (C=O) groups is 2. The van der Waals surface area contributed by atoms with Crippen molar-refractivity contribution in [1.29, 1.82) is 0 Å². The van der Waals surface area contributed by atoms with Gasteiger partial charge < -0.3 is 45.1 Å². The molecule has 1 amide bonds. The molecule has 0 bridgehead atoms. The van der Waals surface area contributed by atoms with Crippen LogP contribution in [0, 0.1) is 0 Å². The number of aliphatic hydroxyl groups excluding tert-OH is 5. The number of nitrogens with one attached hydrogen (secondary N) is 1. The Hall–Kier alpha value is -2.90. The molecule has 0 aromatic carbocycles. The Morgan fingerprint density at radius 3 is 1.64 bits per heavy atom. The molecule has 0 radical (unpaired) electrons. The van der Waals surface area contributed by atoms with E-state index in [0.717, 1.165) is 64.2 Å². The van der Waals surface area contributed by atoms with Crippen LogP contribution in [-0.2, 0) is 23.8 Å². The second-order valence-corrected chi connectivity index (χ2v) is 18.0. The van der Waals surface area contributed by atoms with Crippen molar-refractivity contribution >= 4 is 11.9 Å². The van der Waals surface area contributed by atoms with Crippen LogP contribution >= 0.6 is 0 Å². The van der Waals surface area contributed by atoms with Crippen LogP contribution in [0.4, 0.5) is 0 Å². The van der Waals surface area contributed by atoms with Crippen LogP contribution in [-0.4, -0.2) is 99.6 Å². The third-order valence-corrected chi connectivity index (χ3v) is 12.0. The van der Waals surface area contributed by atoms with E-state index in [-0.39, 0.29) is 19.4 Å². The first-order valence-corrected chi connectivity index (χ1v) is 26.3. The number of carbonyl (C=O) groups excluding carboxylic acids is 2. The van der Waals surface area contributed by atoms with Gasteiger partial charge >= 0.3 is 5.97 Å². The Balaban J connectivity index is 2.81. The van der Waals surface area contributed by atoms with Gasteiger partial charge in [0.2, 0.25) is 5.91 Å². The van der Waals surface area contributed by atoms with E-state index in [2.05, 4.69) is 38.2 Å². The highest BCUT2D eigenvalue weighted by Gasteiger charge is 2.47. The topological polar surface area (TPSA) is 175 Å². The van der Waals surface area contributed by atoms with Gasteiger partial charge in [-0.1, -0.05) is 222 Å². The fourth-order valence-electron chi connectivity index (χ4n) is 7.79. The normalized spacial score (nSPS) is 20.8. The minimum absolute atomic E-state index is 0.0724. The fraction of sp³-hybridized carbons (Fsp3) is 0.745. The van der Waals surface area contributed by atoms with Gasteiger partial charge in [-0.25, -0.2) is 0 Å². The maximum absolute atomic E-state index is 13.3. The average Bonchev–Trinajstić information content (AvgIpc) is 3.31. The highest BCUT2D eigenvalue weighted by molar-refractivity contribution is 5.80. The molecule has 11 nitrogen and oxygen atoms in total. The molecule has 380 valence electrons. The molecule has 1 aliphatic heterocycles. The smallest absolute Gasteiger partial charge is 0.306 e. The summed E-state index contributed by atoms with van der Waals surface area (Å²) in [6.07, 6.45) is 42.4. The minimum atomic E-state index is -1.63. The van der Waals surface area contributed by atoms with Gasteiger partial charge in [0, 0.05) is 6.42 Å². The number of hydrogen-bond donors (Lipinski definition) is 6. The summed E-state index contributed by atoms with van der Waals surface area (Å²) in [6, 6.07) is -1.03. The van der Waals surface area contributed by atoms with E-state index in [1.807, 2.05) is 54.7 Å². The van der Waals surface area contributed by atoms with Crippen LogP contribution in [0.25, 0.3) is 0 Å². The van der Waals surface area contributed by atoms with Gasteiger partial charge in [0.25, 0.3) is 0 Å². The molecule has 8 atom stereocenters. The minimum Gasteiger partial charge on any atom is -0.454 e. The number of unbranched alkanes of at least 4 members (excludes halogenated alkanes) is 22. The molecule has 0 aliphatic carbocycles. The van der Waals surface area contributed by atoms with E-state index in [1.165, 1.54) is 89.9 Å². The second kappa shape index (κ2) is 43.4. The van der Waals surface area contributed by atoms with E-state index in [0.29, 0.717) is 12.8 Å². The van der Waals surface area contributed by atoms with Crippen molar-refractivity contribution in [2.75, 3.05) is 13.2 Å². The molecule has 0 saturated carbocycles. The Labute approximate surface area is 400 Å². The molecule has 8 unspecified atom stereocenters. The highest BCUT2D eigenvalue weighted by atomic mass is 16.7. The van der Waals surface area contributed by atoms with Crippen LogP contribution in [0.1, 0.15) is 201 Å². The lowest BCUT2D eigenvalue weighted by Crippen LogP contribution is -2.61. The molecule has 0 spiro atoms. The zero-order chi connectivity index (χ0) is 48.3. The molecule has 0 aromatic rings. The van der Waals surface area contributed by atoms with Gasteiger partial charge in [0.1, 0.15) is 24.4 Å². The first-order valence-electron chi connectivity index (χ1n) is 26.3. The predicted molar refractivity (Wildman–Crippen MR) is 269 cm³/mol.